The van der Waals surface area contributed by atoms with Crippen molar-refractivity contribution in [2.75, 3.05) is 0 Å². The highest BCUT2D eigenvalue weighted by Gasteiger charge is 2.06. The molecule has 0 amide bonds. The van der Waals surface area contributed by atoms with Gasteiger partial charge in [-0.3, -0.25) is 0 Å². The van der Waals surface area contributed by atoms with Crippen LogP contribution in [0.2, 0.25) is 0 Å². The molecule has 10 heavy (non-hydrogen) atoms. The maximum Gasteiger partial charge on any atom is 0.0856 e. The van der Waals surface area contributed by atoms with E-state index < -0.39 is 0 Å². The number of aliphatic hydroxyl groups is 1. The van der Waals surface area contributed by atoms with Crippen LogP contribution >= 0.6 is 11.3 Å². The minimum atomic E-state index is -0.296. The van der Waals surface area contributed by atoms with E-state index in [9.17, 15) is 5.11 Å². The summed E-state index contributed by atoms with van der Waals surface area (Å²) in [7, 11) is 0. The summed E-state index contributed by atoms with van der Waals surface area (Å²) in [6.45, 7) is 3.92. The summed E-state index contributed by atoms with van der Waals surface area (Å²) in [5.41, 5.74) is 1.28. The molecule has 2 heteroatoms. The van der Waals surface area contributed by atoms with Crippen LogP contribution in [0.15, 0.2) is 11.4 Å². The summed E-state index contributed by atoms with van der Waals surface area (Å²) >= 11 is 1.63. The van der Waals surface area contributed by atoms with Crippen LogP contribution in [-0.2, 0) is 6.42 Å². The highest BCUT2D eigenvalue weighted by atomic mass is 32.1. The summed E-state index contributed by atoms with van der Waals surface area (Å²) in [6.07, 6.45) is 0.721. The topological polar surface area (TPSA) is 20.2 Å². The van der Waals surface area contributed by atoms with Gasteiger partial charge in [-0.1, -0.05) is 6.92 Å². The van der Waals surface area contributed by atoms with Crippen molar-refractivity contribution in [2.24, 2.45) is 0 Å². The molecule has 1 atom stereocenters. The van der Waals surface area contributed by atoms with E-state index in [1.54, 1.807) is 11.3 Å². The first-order valence-corrected chi connectivity index (χ1v) is 4.38. The lowest BCUT2D eigenvalue weighted by Crippen LogP contribution is -1.90. The van der Waals surface area contributed by atoms with Gasteiger partial charge < -0.3 is 5.11 Å². The maximum atomic E-state index is 9.23. The number of hydrogen-bond donors (Lipinski definition) is 1. The van der Waals surface area contributed by atoms with Gasteiger partial charge in [0.2, 0.25) is 0 Å². The molecule has 0 radical (unpaired) electrons. The van der Waals surface area contributed by atoms with E-state index >= 15 is 0 Å². The van der Waals surface area contributed by atoms with E-state index in [4.69, 9.17) is 0 Å². The van der Waals surface area contributed by atoms with Gasteiger partial charge in [-0.05, 0) is 30.4 Å². The summed E-state index contributed by atoms with van der Waals surface area (Å²) < 4.78 is 0. The van der Waals surface area contributed by atoms with Crippen LogP contribution in [0.1, 0.15) is 30.4 Å². The second-order valence-electron chi connectivity index (χ2n) is 2.34. The molecule has 0 aliphatic heterocycles. The van der Waals surface area contributed by atoms with Crippen LogP contribution in [0, 0.1) is 0 Å². The smallest absolute Gasteiger partial charge is 0.0856 e. The predicted molar refractivity (Wildman–Crippen MR) is 44.3 cm³/mol. The predicted octanol–water partition coefficient (Wildman–Crippen LogP) is 2.36. The van der Waals surface area contributed by atoms with Crippen molar-refractivity contribution >= 4 is 11.3 Å². The minimum Gasteiger partial charge on any atom is -0.388 e. The first-order chi connectivity index (χ1) is 4.75. The van der Waals surface area contributed by atoms with Gasteiger partial charge in [0.05, 0.1) is 6.10 Å². The molecule has 0 saturated heterocycles. The van der Waals surface area contributed by atoms with E-state index in [-0.39, 0.29) is 6.10 Å². The molecular weight excluding hydrogens is 144 g/mol. The first-order valence-electron chi connectivity index (χ1n) is 3.50. The van der Waals surface area contributed by atoms with Crippen molar-refractivity contribution in [3.05, 3.63) is 21.9 Å². The van der Waals surface area contributed by atoms with Gasteiger partial charge in [0.15, 0.2) is 0 Å². The van der Waals surface area contributed by atoms with Gasteiger partial charge in [-0.2, -0.15) is 0 Å². The van der Waals surface area contributed by atoms with Crippen LogP contribution in [0.3, 0.4) is 0 Å². The molecule has 0 fully saturated rings. The molecule has 0 aromatic carbocycles. The fourth-order valence-electron chi connectivity index (χ4n) is 1.01. The maximum absolute atomic E-state index is 9.23. The Morgan fingerprint density at radius 2 is 2.40 bits per heavy atom. The molecule has 0 aliphatic rings. The molecule has 0 unspecified atom stereocenters. The van der Waals surface area contributed by atoms with Crippen molar-refractivity contribution in [2.45, 2.75) is 26.4 Å². The Kier molecular flexibility index (Phi) is 2.46. The van der Waals surface area contributed by atoms with Gasteiger partial charge >= 0.3 is 0 Å². The summed E-state index contributed by atoms with van der Waals surface area (Å²) in [4.78, 5) is 1.11. The van der Waals surface area contributed by atoms with Crippen LogP contribution < -0.4 is 0 Å². The molecule has 0 aliphatic carbocycles. The first kappa shape index (κ1) is 7.76. The molecule has 1 nitrogen and oxygen atoms in total. The fourth-order valence-corrected chi connectivity index (χ4v) is 1.95. The zero-order chi connectivity index (χ0) is 7.56. The van der Waals surface area contributed by atoms with Crippen molar-refractivity contribution in [1.29, 1.82) is 0 Å². The van der Waals surface area contributed by atoms with Crippen LogP contribution in [0.4, 0.5) is 0 Å². The van der Waals surface area contributed by atoms with Crippen LogP contribution in [-0.4, -0.2) is 5.11 Å². The van der Waals surface area contributed by atoms with Gasteiger partial charge in [0.25, 0.3) is 0 Å². The van der Waals surface area contributed by atoms with Crippen molar-refractivity contribution in [3.8, 4) is 0 Å². The van der Waals surface area contributed by atoms with Crippen LogP contribution in [0.25, 0.3) is 0 Å². The molecule has 1 heterocycles. The third-order valence-corrected chi connectivity index (χ3v) is 2.67. The Labute approximate surface area is 65.3 Å². The average molecular weight is 156 g/mol. The Bertz CT molecular complexity index is 203. The minimum absolute atomic E-state index is 0.296. The Morgan fingerprint density at radius 1 is 1.70 bits per heavy atom. The van der Waals surface area contributed by atoms with Gasteiger partial charge in [0, 0.05) is 4.88 Å². The number of hydrogen-bond acceptors (Lipinski definition) is 2. The molecule has 0 bridgehead atoms. The Balaban J connectivity index is 2.90. The highest BCUT2D eigenvalue weighted by Crippen LogP contribution is 2.23. The van der Waals surface area contributed by atoms with E-state index in [2.05, 4.69) is 13.0 Å². The Hall–Kier alpha value is -0.340. The van der Waals surface area contributed by atoms with Gasteiger partial charge in [-0.25, -0.2) is 0 Å². The van der Waals surface area contributed by atoms with E-state index in [1.807, 2.05) is 12.3 Å². The standard InChI is InChI=1S/C8H12OS/c1-3-7-4-5-10-8(7)6(2)9/h4-6,9H,3H2,1-2H3/t6-/m1/s1. The third kappa shape index (κ3) is 1.39. The van der Waals surface area contributed by atoms with Crippen molar-refractivity contribution in [1.82, 2.24) is 0 Å². The lowest BCUT2D eigenvalue weighted by molar-refractivity contribution is 0.202. The summed E-state index contributed by atoms with van der Waals surface area (Å²) in [5, 5.41) is 11.3. The number of thiophene rings is 1. The van der Waals surface area contributed by atoms with E-state index in [0.717, 1.165) is 11.3 Å². The quantitative estimate of drug-likeness (QED) is 0.697. The number of aliphatic hydroxyl groups excluding tert-OH is 1. The summed E-state index contributed by atoms with van der Waals surface area (Å²) in [6, 6.07) is 2.08. The molecule has 1 aromatic heterocycles. The average Bonchev–Trinajstić information content (AvgIpc) is 2.33. The largest absolute Gasteiger partial charge is 0.388 e. The van der Waals surface area contributed by atoms with Gasteiger partial charge in [0.1, 0.15) is 0 Å². The second-order valence-corrected chi connectivity index (χ2v) is 3.29. The lowest BCUT2D eigenvalue weighted by Gasteiger charge is -2.02. The fraction of sp³-hybridized carbons (Fsp3) is 0.500. The zero-order valence-corrected chi connectivity index (χ0v) is 7.11. The Morgan fingerprint density at radius 3 is 2.80 bits per heavy atom. The van der Waals surface area contributed by atoms with Crippen molar-refractivity contribution in [3.63, 3.8) is 0 Å². The summed E-state index contributed by atoms with van der Waals surface area (Å²) in [5.74, 6) is 0. The van der Waals surface area contributed by atoms with Crippen molar-refractivity contribution < 1.29 is 5.11 Å². The second kappa shape index (κ2) is 3.17. The molecular formula is C8H12OS. The highest BCUT2D eigenvalue weighted by molar-refractivity contribution is 7.10. The number of aryl methyl sites for hydroxylation is 1. The molecule has 1 N–H and O–H groups in total. The molecule has 56 valence electrons. The molecule has 1 aromatic rings. The van der Waals surface area contributed by atoms with Crippen LogP contribution in [0.5, 0.6) is 0 Å². The monoisotopic (exact) mass is 156 g/mol. The SMILES string of the molecule is CCc1ccsc1[C@@H](C)O. The zero-order valence-electron chi connectivity index (χ0n) is 6.29. The molecule has 0 saturated carbocycles. The van der Waals surface area contributed by atoms with E-state index in [1.165, 1.54) is 5.56 Å². The molecule has 0 spiro atoms. The lowest BCUT2D eigenvalue weighted by atomic mass is 10.1. The van der Waals surface area contributed by atoms with E-state index in [0.29, 0.717) is 0 Å². The normalized spacial score (nSPS) is 13.5. The molecule has 1 rings (SSSR count). The van der Waals surface area contributed by atoms with Gasteiger partial charge in [-0.15, -0.1) is 11.3 Å². The number of rotatable bonds is 2. The third-order valence-electron chi connectivity index (χ3n) is 1.54.